The molecule has 166 valence electrons. The van der Waals surface area contributed by atoms with Crippen LogP contribution in [-0.2, 0) is 26.2 Å². The molecule has 10 nitrogen and oxygen atoms in total. The van der Waals surface area contributed by atoms with Gasteiger partial charge in [0.1, 0.15) is 0 Å². The van der Waals surface area contributed by atoms with E-state index in [1.165, 1.54) is 0 Å². The summed E-state index contributed by atoms with van der Waals surface area (Å²) in [6, 6.07) is 12.0. The van der Waals surface area contributed by atoms with Crippen LogP contribution < -0.4 is 0 Å². The Hall–Kier alpha value is -2.04. The van der Waals surface area contributed by atoms with Gasteiger partial charge in [-0.05, 0) is 24.3 Å². The minimum atomic E-state index is 0.679. The van der Waals surface area contributed by atoms with Crippen LogP contribution in [0.5, 0.6) is 0 Å². The summed E-state index contributed by atoms with van der Waals surface area (Å²) >= 11 is 4.21. The van der Waals surface area contributed by atoms with E-state index in [0.29, 0.717) is 13.1 Å². The van der Waals surface area contributed by atoms with Crippen molar-refractivity contribution in [1.29, 1.82) is 0 Å². The van der Waals surface area contributed by atoms with E-state index in [9.17, 15) is 0 Å². The van der Waals surface area contributed by atoms with E-state index in [-0.39, 0.29) is 0 Å². The first kappa shape index (κ1) is 23.1. The lowest BCUT2D eigenvalue weighted by atomic mass is 10.2. The number of pyridine rings is 2. The second-order valence-corrected chi connectivity index (χ2v) is 9.24. The standard InChI is InChI=1S/C20H22I2N10/c21-31-15-19(25-27-31)13-30(14-20-16-32(22)28-26-20)10-9-29(11-17-5-1-3-7-23-17)12-18-6-2-4-8-24-18/h1-8,15-16H,9-14H2. The van der Waals surface area contributed by atoms with E-state index in [2.05, 4.69) is 98.3 Å². The van der Waals surface area contributed by atoms with Gasteiger partial charge < -0.3 is 0 Å². The van der Waals surface area contributed by atoms with Gasteiger partial charge in [-0.3, -0.25) is 19.8 Å². The van der Waals surface area contributed by atoms with Crippen LogP contribution in [0.15, 0.2) is 61.2 Å². The Morgan fingerprint density at radius 2 is 1.06 bits per heavy atom. The molecule has 0 atom stereocenters. The van der Waals surface area contributed by atoms with Gasteiger partial charge in [-0.2, -0.15) is 5.79 Å². The predicted octanol–water partition coefficient (Wildman–Crippen LogP) is 2.76. The van der Waals surface area contributed by atoms with Gasteiger partial charge in [0.2, 0.25) is 0 Å². The summed E-state index contributed by atoms with van der Waals surface area (Å²) in [5.74, 6) is 0. The maximum atomic E-state index is 4.51. The topological polar surface area (TPSA) is 93.7 Å². The second kappa shape index (κ2) is 11.7. The van der Waals surface area contributed by atoms with Gasteiger partial charge in [0.15, 0.2) is 0 Å². The summed E-state index contributed by atoms with van der Waals surface area (Å²) in [6.45, 7) is 4.51. The zero-order valence-electron chi connectivity index (χ0n) is 17.2. The van der Waals surface area contributed by atoms with Crippen LogP contribution in [0.4, 0.5) is 0 Å². The smallest absolute Gasteiger partial charge is 0.0976 e. The largest absolute Gasteiger partial charge is 0.290 e. The molecule has 4 aromatic rings. The zero-order valence-corrected chi connectivity index (χ0v) is 21.6. The average molecular weight is 656 g/mol. The Kier molecular flexibility index (Phi) is 8.47. The Morgan fingerprint density at radius 3 is 1.41 bits per heavy atom. The third kappa shape index (κ3) is 7.25. The van der Waals surface area contributed by atoms with E-state index < -0.39 is 0 Å². The van der Waals surface area contributed by atoms with Crippen molar-refractivity contribution in [2.75, 3.05) is 13.1 Å². The van der Waals surface area contributed by atoms with Gasteiger partial charge in [-0.15, -0.1) is 10.2 Å². The molecule has 4 heterocycles. The van der Waals surface area contributed by atoms with Crippen LogP contribution in [-0.4, -0.2) is 59.3 Å². The second-order valence-electron chi connectivity index (χ2n) is 7.26. The van der Waals surface area contributed by atoms with E-state index in [0.717, 1.165) is 49.0 Å². The van der Waals surface area contributed by atoms with Crippen molar-refractivity contribution in [3.8, 4) is 0 Å². The number of halogens is 2. The zero-order chi connectivity index (χ0) is 22.2. The maximum absolute atomic E-state index is 4.51. The molecular formula is C20H22I2N10. The molecule has 32 heavy (non-hydrogen) atoms. The minimum absolute atomic E-state index is 0.679. The molecule has 0 unspecified atom stereocenters. The molecule has 0 spiro atoms. The molecule has 4 rings (SSSR count). The van der Waals surface area contributed by atoms with Crippen molar-refractivity contribution in [1.82, 2.24) is 46.2 Å². The fourth-order valence-electron chi connectivity index (χ4n) is 3.31. The number of aromatic nitrogens is 8. The van der Waals surface area contributed by atoms with Crippen LogP contribution in [0.1, 0.15) is 22.8 Å². The van der Waals surface area contributed by atoms with E-state index in [1.54, 1.807) is 5.79 Å². The summed E-state index contributed by atoms with van der Waals surface area (Å²) < 4.78 is 3.39. The van der Waals surface area contributed by atoms with Gasteiger partial charge in [-0.1, -0.05) is 22.6 Å². The fourth-order valence-corrected chi connectivity index (χ4v) is 4.14. The van der Waals surface area contributed by atoms with Crippen LogP contribution in [0.2, 0.25) is 0 Å². The van der Waals surface area contributed by atoms with Crippen LogP contribution in [0.25, 0.3) is 0 Å². The highest BCUT2D eigenvalue weighted by Gasteiger charge is 2.15. The van der Waals surface area contributed by atoms with Crippen molar-refractivity contribution < 1.29 is 0 Å². The first-order valence-electron chi connectivity index (χ1n) is 10.0. The average Bonchev–Trinajstić information content (AvgIpc) is 3.40. The molecule has 0 bridgehead atoms. The predicted molar refractivity (Wildman–Crippen MR) is 136 cm³/mol. The molecule has 0 aliphatic carbocycles. The number of hydrogen-bond donors (Lipinski definition) is 0. The molecule has 4 aromatic heterocycles. The van der Waals surface area contributed by atoms with Gasteiger partial charge in [0, 0.05) is 51.7 Å². The quantitative estimate of drug-likeness (QED) is 0.228. The molecule has 0 aromatic carbocycles. The fraction of sp³-hybridized carbons (Fsp3) is 0.300. The SMILES string of the molecule is In1cc(CN(CCN(Cc2ccccn2)Cc2ccccn2)Cc2cn(I)nn2)nn1. The molecule has 0 aliphatic heterocycles. The Balaban J connectivity index is 1.46. The van der Waals surface area contributed by atoms with Gasteiger partial charge >= 0.3 is 0 Å². The maximum Gasteiger partial charge on any atom is 0.0976 e. The van der Waals surface area contributed by atoms with E-state index >= 15 is 0 Å². The summed E-state index contributed by atoms with van der Waals surface area (Å²) in [4.78, 5) is 13.7. The van der Waals surface area contributed by atoms with Gasteiger partial charge in [-0.25, -0.2) is 0 Å². The molecule has 0 saturated heterocycles. The summed E-state index contributed by atoms with van der Waals surface area (Å²) in [5, 5.41) is 16.6. The number of hydrogen-bond acceptors (Lipinski definition) is 8. The molecule has 0 N–H and O–H groups in total. The third-order valence-corrected chi connectivity index (χ3v) is 5.70. The molecular weight excluding hydrogens is 634 g/mol. The number of rotatable bonds is 11. The summed E-state index contributed by atoms with van der Waals surface area (Å²) in [5.41, 5.74) is 3.91. The monoisotopic (exact) mass is 656 g/mol. The highest BCUT2D eigenvalue weighted by Crippen LogP contribution is 2.11. The molecule has 0 aliphatic rings. The molecule has 0 amide bonds. The molecule has 0 saturated carbocycles. The van der Waals surface area contributed by atoms with Crippen molar-refractivity contribution in [2.45, 2.75) is 26.2 Å². The Morgan fingerprint density at radius 1 is 0.625 bits per heavy atom. The first-order chi connectivity index (χ1) is 15.6. The van der Waals surface area contributed by atoms with Crippen molar-refractivity contribution in [3.63, 3.8) is 0 Å². The van der Waals surface area contributed by atoms with Gasteiger partial charge in [0.25, 0.3) is 0 Å². The van der Waals surface area contributed by atoms with Gasteiger partial charge in [0.05, 0.1) is 80.9 Å². The first-order valence-corrected chi connectivity index (χ1v) is 12.0. The third-order valence-electron chi connectivity index (χ3n) is 4.76. The highest BCUT2D eigenvalue weighted by atomic mass is 127. The lowest BCUT2D eigenvalue weighted by molar-refractivity contribution is 0.178. The molecule has 0 fully saturated rings. The van der Waals surface area contributed by atoms with Crippen LogP contribution >= 0.6 is 45.7 Å². The normalized spacial score (nSPS) is 11.5. The molecule has 12 heteroatoms. The van der Waals surface area contributed by atoms with E-state index in [4.69, 9.17) is 0 Å². The van der Waals surface area contributed by atoms with Crippen molar-refractivity contribution >= 4 is 45.7 Å². The van der Waals surface area contributed by atoms with Crippen LogP contribution in [0, 0.1) is 0 Å². The summed E-state index contributed by atoms with van der Waals surface area (Å²) in [7, 11) is 0. The Labute approximate surface area is 214 Å². The van der Waals surface area contributed by atoms with E-state index in [1.807, 2.05) is 49.1 Å². The Bertz CT molecular complexity index is 1000. The lowest BCUT2D eigenvalue weighted by Crippen LogP contribution is -2.34. The van der Waals surface area contributed by atoms with Crippen molar-refractivity contribution in [2.24, 2.45) is 0 Å². The highest BCUT2D eigenvalue weighted by molar-refractivity contribution is 14.1. The molecule has 0 radical (unpaired) electrons. The minimum Gasteiger partial charge on any atom is -0.290 e. The summed E-state index contributed by atoms with van der Waals surface area (Å²) in [6.07, 6.45) is 7.53. The van der Waals surface area contributed by atoms with Crippen molar-refractivity contribution in [3.05, 3.63) is 84.0 Å². The van der Waals surface area contributed by atoms with Crippen LogP contribution in [0.3, 0.4) is 0 Å². The lowest BCUT2D eigenvalue weighted by Gasteiger charge is -2.26. The number of nitrogens with zero attached hydrogens (tertiary/aromatic N) is 10.